The second kappa shape index (κ2) is 7.48. The van der Waals surface area contributed by atoms with Crippen molar-refractivity contribution in [1.29, 1.82) is 0 Å². The topological polar surface area (TPSA) is 43.7 Å². The van der Waals surface area contributed by atoms with Gasteiger partial charge in [-0.15, -0.1) is 0 Å². The SMILES string of the molecule is O[C@H](C[NH+]1CCN(c2cccc(C(F)(F)F)c2)CC1)c1c[nH]c2ccccc12. The highest BCUT2D eigenvalue weighted by Gasteiger charge is 2.31. The van der Waals surface area contributed by atoms with E-state index < -0.39 is 17.8 Å². The summed E-state index contributed by atoms with van der Waals surface area (Å²) in [7, 11) is 0. The van der Waals surface area contributed by atoms with Gasteiger partial charge in [0.05, 0.1) is 31.7 Å². The lowest BCUT2D eigenvalue weighted by Crippen LogP contribution is -3.15. The van der Waals surface area contributed by atoms with Gasteiger partial charge in [-0.1, -0.05) is 24.3 Å². The van der Waals surface area contributed by atoms with Crippen LogP contribution >= 0.6 is 0 Å². The summed E-state index contributed by atoms with van der Waals surface area (Å²) in [5.74, 6) is 0. The fourth-order valence-electron chi connectivity index (χ4n) is 3.92. The van der Waals surface area contributed by atoms with Crippen LogP contribution in [0.4, 0.5) is 18.9 Å². The van der Waals surface area contributed by atoms with Crippen molar-refractivity contribution in [3.63, 3.8) is 0 Å². The Morgan fingerprint density at radius 1 is 1.07 bits per heavy atom. The molecule has 0 aliphatic carbocycles. The highest BCUT2D eigenvalue weighted by molar-refractivity contribution is 5.83. The average molecular weight is 390 g/mol. The van der Waals surface area contributed by atoms with Crippen LogP contribution in [-0.4, -0.2) is 42.8 Å². The van der Waals surface area contributed by atoms with E-state index in [1.807, 2.05) is 35.4 Å². The number of piperazine rings is 1. The first-order chi connectivity index (χ1) is 13.4. The zero-order chi connectivity index (χ0) is 19.7. The summed E-state index contributed by atoms with van der Waals surface area (Å²) in [4.78, 5) is 6.42. The summed E-state index contributed by atoms with van der Waals surface area (Å²) >= 11 is 0. The lowest BCUT2D eigenvalue weighted by atomic mass is 10.1. The van der Waals surface area contributed by atoms with Gasteiger partial charge >= 0.3 is 6.18 Å². The van der Waals surface area contributed by atoms with Crippen LogP contribution < -0.4 is 9.80 Å². The van der Waals surface area contributed by atoms with Crippen molar-refractivity contribution in [1.82, 2.24) is 4.98 Å². The van der Waals surface area contributed by atoms with E-state index in [4.69, 9.17) is 0 Å². The molecule has 0 amide bonds. The molecule has 0 saturated carbocycles. The van der Waals surface area contributed by atoms with Gasteiger partial charge in [0.15, 0.2) is 0 Å². The van der Waals surface area contributed by atoms with Crippen molar-refractivity contribution in [2.45, 2.75) is 12.3 Å². The molecule has 1 aliphatic rings. The van der Waals surface area contributed by atoms with Crippen LogP contribution in [-0.2, 0) is 6.18 Å². The summed E-state index contributed by atoms with van der Waals surface area (Å²) in [5, 5.41) is 11.7. The third kappa shape index (κ3) is 3.86. The monoisotopic (exact) mass is 390 g/mol. The summed E-state index contributed by atoms with van der Waals surface area (Å²) in [6, 6.07) is 13.4. The van der Waals surface area contributed by atoms with Gasteiger partial charge in [-0.25, -0.2) is 0 Å². The number of benzene rings is 2. The Labute approximate surface area is 161 Å². The largest absolute Gasteiger partial charge is 0.416 e. The maximum absolute atomic E-state index is 12.9. The fraction of sp³-hybridized carbons (Fsp3) is 0.333. The van der Waals surface area contributed by atoms with Gasteiger partial charge in [-0.05, 0) is 24.3 Å². The third-order valence-corrected chi connectivity index (χ3v) is 5.47. The lowest BCUT2D eigenvalue weighted by Gasteiger charge is -2.34. The van der Waals surface area contributed by atoms with E-state index in [9.17, 15) is 18.3 Å². The van der Waals surface area contributed by atoms with E-state index in [0.717, 1.165) is 35.6 Å². The molecule has 1 aliphatic heterocycles. The minimum absolute atomic E-state index is 0.578. The van der Waals surface area contributed by atoms with Crippen molar-refractivity contribution in [3.8, 4) is 0 Å². The third-order valence-electron chi connectivity index (χ3n) is 5.47. The summed E-state index contributed by atoms with van der Waals surface area (Å²) in [5.41, 5.74) is 1.88. The number of H-pyrrole nitrogens is 1. The van der Waals surface area contributed by atoms with Crippen molar-refractivity contribution < 1.29 is 23.2 Å². The number of nitrogens with zero attached hydrogens (tertiary/aromatic N) is 1. The van der Waals surface area contributed by atoms with Crippen molar-refractivity contribution in [2.24, 2.45) is 0 Å². The minimum Gasteiger partial charge on any atom is -0.382 e. The van der Waals surface area contributed by atoms with E-state index in [-0.39, 0.29) is 0 Å². The Balaban J connectivity index is 1.38. The molecule has 4 rings (SSSR count). The highest BCUT2D eigenvalue weighted by Crippen LogP contribution is 2.31. The van der Waals surface area contributed by atoms with Crippen molar-refractivity contribution >= 4 is 16.6 Å². The fourth-order valence-corrected chi connectivity index (χ4v) is 3.92. The molecule has 0 spiro atoms. The Hall–Kier alpha value is -2.51. The van der Waals surface area contributed by atoms with Gasteiger partial charge in [0.25, 0.3) is 0 Å². The Kier molecular flexibility index (Phi) is 5.03. The van der Waals surface area contributed by atoms with Gasteiger partial charge in [-0.2, -0.15) is 13.2 Å². The maximum Gasteiger partial charge on any atom is 0.416 e. The van der Waals surface area contributed by atoms with Crippen LogP contribution in [0.5, 0.6) is 0 Å². The van der Waals surface area contributed by atoms with Crippen LogP contribution in [0.2, 0.25) is 0 Å². The molecular formula is C21H23F3N3O+. The molecule has 3 N–H and O–H groups in total. The van der Waals surface area contributed by atoms with Crippen LogP contribution in [0.1, 0.15) is 17.2 Å². The van der Waals surface area contributed by atoms with Crippen LogP contribution in [0.25, 0.3) is 10.9 Å². The highest BCUT2D eigenvalue weighted by atomic mass is 19.4. The standard InChI is InChI=1S/C21H22F3N3O/c22-21(23,24)15-4-3-5-16(12-15)27-10-8-26(9-11-27)14-20(28)18-13-25-19-7-2-1-6-17(18)19/h1-7,12-13,20,25,28H,8-11,14H2/p+1/t20-/m1/s1. The summed E-state index contributed by atoms with van der Waals surface area (Å²) < 4.78 is 38.8. The molecule has 0 unspecified atom stereocenters. The number of nitrogens with one attached hydrogen (secondary N) is 2. The van der Waals surface area contributed by atoms with Gasteiger partial charge < -0.3 is 19.9 Å². The van der Waals surface area contributed by atoms with Crippen LogP contribution in [0.3, 0.4) is 0 Å². The van der Waals surface area contributed by atoms with E-state index in [1.54, 1.807) is 6.07 Å². The van der Waals surface area contributed by atoms with Crippen LogP contribution in [0.15, 0.2) is 54.7 Å². The number of halogens is 3. The smallest absolute Gasteiger partial charge is 0.382 e. The van der Waals surface area contributed by atoms with E-state index in [0.29, 0.717) is 25.3 Å². The Morgan fingerprint density at radius 3 is 2.57 bits per heavy atom. The predicted molar refractivity (Wildman–Crippen MR) is 102 cm³/mol. The zero-order valence-corrected chi connectivity index (χ0v) is 15.3. The number of fused-ring (bicyclic) bond motifs is 1. The number of para-hydroxylation sites is 1. The number of hydrogen-bond donors (Lipinski definition) is 3. The number of anilines is 1. The number of quaternary nitrogens is 1. The number of aromatic amines is 1. The number of aromatic nitrogens is 1. The zero-order valence-electron chi connectivity index (χ0n) is 15.3. The molecule has 2 heterocycles. The first-order valence-electron chi connectivity index (χ1n) is 9.41. The molecule has 7 heteroatoms. The van der Waals surface area contributed by atoms with Gasteiger partial charge in [-0.3, -0.25) is 0 Å². The lowest BCUT2D eigenvalue weighted by molar-refractivity contribution is -0.904. The van der Waals surface area contributed by atoms with Crippen molar-refractivity contribution in [2.75, 3.05) is 37.6 Å². The maximum atomic E-state index is 12.9. The molecule has 1 aromatic heterocycles. The quantitative estimate of drug-likeness (QED) is 0.641. The second-order valence-corrected chi connectivity index (χ2v) is 7.29. The molecule has 0 radical (unpaired) electrons. The summed E-state index contributed by atoms with van der Waals surface area (Å²) in [6.45, 7) is 3.46. The summed E-state index contributed by atoms with van der Waals surface area (Å²) in [6.07, 6.45) is -3.05. The number of hydrogen-bond acceptors (Lipinski definition) is 2. The molecule has 2 aromatic carbocycles. The van der Waals surface area contributed by atoms with Crippen LogP contribution in [0, 0.1) is 0 Å². The molecule has 148 valence electrons. The normalized spacial score (nSPS) is 17.2. The second-order valence-electron chi connectivity index (χ2n) is 7.29. The Morgan fingerprint density at radius 2 is 1.82 bits per heavy atom. The molecular weight excluding hydrogens is 367 g/mol. The molecule has 0 bridgehead atoms. The molecule has 4 nitrogen and oxygen atoms in total. The van der Waals surface area contributed by atoms with Gasteiger partial charge in [0, 0.05) is 28.4 Å². The number of rotatable bonds is 4. The number of alkyl halides is 3. The van der Waals surface area contributed by atoms with E-state index in [1.165, 1.54) is 17.0 Å². The van der Waals surface area contributed by atoms with Gasteiger partial charge in [0.2, 0.25) is 0 Å². The van der Waals surface area contributed by atoms with Gasteiger partial charge in [0.1, 0.15) is 12.6 Å². The first kappa shape index (κ1) is 18.8. The number of aliphatic hydroxyl groups is 1. The molecule has 1 fully saturated rings. The molecule has 3 aromatic rings. The van der Waals surface area contributed by atoms with E-state index >= 15 is 0 Å². The van der Waals surface area contributed by atoms with Crippen molar-refractivity contribution in [3.05, 3.63) is 65.9 Å². The minimum atomic E-state index is -4.33. The molecule has 1 saturated heterocycles. The first-order valence-corrected chi connectivity index (χ1v) is 9.41. The molecule has 28 heavy (non-hydrogen) atoms. The van der Waals surface area contributed by atoms with E-state index in [2.05, 4.69) is 4.98 Å². The average Bonchev–Trinajstić information content (AvgIpc) is 3.12. The Bertz CT molecular complexity index is 945. The number of aliphatic hydroxyl groups excluding tert-OH is 1. The molecule has 1 atom stereocenters. The predicted octanol–water partition coefficient (Wildman–Crippen LogP) is 2.63.